The zero-order valence-electron chi connectivity index (χ0n) is 9.13. The van der Waals surface area contributed by atoms with Crippen LogP contribution in [0.5, 0.6) is 0 Å². The Kier molecular flexibility index (Phi) is 4.74. The van der Waals surface area contributed by atoms with Gasteiger partial charge in [0.05, 0.1) is 0 Å². The smallest absolute Gasteiger partial charge is 0.126 e. The number of halogens is 2. The van der Waals surface area contributed by atoms with Crippen LogP contribution in [0.2, 0.25) is 0 Å². The topological polar surface area (TPSA) is 26.0 Å². The fourth-order valence-corrected chi connectivity index (χ4v) is 1.98. The number of nitrogens with two attached hydrogens (primary N) is 1. The van der Waals surface area contributed by atoms with Crippen LogP contribution in [0.15, 0.2) is 22.7 Å². The lowest BCUT2D eigenvalue weighted by Crippen LogP contribution is -2.22. The maximum Gasteiger partial charge on any atom is 0.126 e. The molecule has 1 unspecified atom stereocenters. The molecular formula is C12H17BrFN. The number of benzene rings is 1. The summed E-state index contributed by atoms with van der Waals surface area (Å²) in [4.78, 5) is 0. The Labute approximate surface area is 99.0 Å². The molecule has 0 amide bonds. The lowest BCUT2D eigenvalue weighted by atomic mass is 9.89. The summed E-state index contributed by atoms with van der Waals surface area (Å²) in [5, 5.41) is 0. The predicted molar refractivity (Wildman–Crippen MR) is 65.2 cm³/mol. The Bertz CT molecular complexity index is 325. The average Bonchev–Trinajstić information content (AvgIpc) is 2.18. The second-order valence-corrected chi connectivity index (χ2v) is 5.10. The Hall–Kier alpha value is -0.410. The Morgan fingerprint density at radius 1 is 1.40 bits per heavy atom. The fourth-order valence-electron chi connectivity index (χ4n) is 1.57. The number of rotatable bonds is 4. The Morgan fingerprint density at radius 3 is 2.60 bits per heavy atom. The minimum atomic E-state index is -0.141. The fraction of sp³-hybridized carbons (Fsp3) is 0.500. The molecular weight excluding hydrogens is 257 g/mol. The molecule has 1 aromatic carbocycles. The third kappa shape index (κ3) is 3.58. The zero-order valence-corrected chi connectivity index (χ0v) is 10.7. The van der Waals surface area contributed by atoms with Crippen molar-refractivity contribution < 1.29 is 4.39 Å². The lowest BCUT2D eigenvalue weighted by molar-refractivity contribution is 0.386. The van der Waals surface area contributed by atoms with E-state index in [1.54, 1.807) is 6.07 Å². The van der Waals surface area contributed by atoms with E-state index in [4.69, 9.17) is 5.73 Å². The summed E-state index contributed by atoms with van der Waals surface area (Å²) < 4.78 is 14.4. The van der Waals surface area contributed by atoms with Crippen LogP contribution < -0.4 is 5.73 Å². The molecule has 15 heavy (non-hydrogen) atoms. The van der Waals surface area contributed by atoms with Crippen LogP contribution >= 0.6 is 15.9 Å². The van der Waals surface area contributed by atoms with Crippen LogP contribution in [0.4, 0.5) is 4.39 Å². The van der Waals surface area contributed by atoms with E-state index in [9.17, 15) is 4.39 Å². The van der Waals surface area contributed by atoms with Crippen molar-refractivity contribution in [1.29, 1.82) is 0 Å². The van der Waals surface area contributed by atoms with E-state index in [0.29, 0.717) is 24.8 Å². The Balaban J connectivity index is 2.82. The van der Waals surface area contributed by atoms with Gasteiger partial charge in [0.1, 0.15) is 5.82 Å². The summed E-state index contributed by atoms with van der Waals surface area (Å²) in [5.41, 5.74) is 6.42. The van der Waals surface area contributed by atoms with Crippen molar-refractivity contribution in [2.75, 3.05) is 6.54 Å². The van der Waals surface area contributed by atoms with E-state index in [0.717, 1.165) is 10.0 Å². The van der Waals surface area contributed by atoms with Gasteiger partial charge < -0.3 is 5.73 Å². The van der Waals surface area contributed by atoms with Crippen molar-refractivity contribution in [2.45, 2.75) is 20.3 Å². The van der Waals surface area contributed by atoms with Gasteiger partial charge >= 0.3 is 0 Å². The van der Waals surface area contributed by atoms with E-state index in [1.165, 1.54) is 6.07 Å². The first kappa shape index (κ1) is 12.7. The molecule has 0 saturated heterocycles. The first-order valence-corrected chi connectivity index (χ1v) is 5.98. The van der Waals surface area contributed by atoms with Crippen LogP contribution in [0.1, 0.15) is 19.4 Å². The molecule has 1 aromatic rings. The van der Waals surface area contributed by atoms with Gasteiger partial charge in [0.25, 0.3) is 0 Å². The van der Waals surface area contributed by atoms with E-state index in [-0.39, 0.29) is 5.82 Å². The third-order valence-electron chi connectivity index (χ3n) is 2.74. The van der Waals surface area contributed by atoms with Crippen LogP contribution in [0.3, 0.4) is 0 Å². The van der Waals surface area contributed by atoms with Crippen molar-refractivity contribution >= 4 is 15.9 Å². The van der Waals surface area contributed by atoms with Gasteiger partial charge in [-0.1, -0.05) is 29.8 Å². The van der Waals surface area contributed by atoms with E-state index in [1.807, 2.05) is 6.07 Å². The minimum absolute atomic E-state index is 0.141. The van der Waals surface area contributed by atoms with Crippen molar-refractivity contribution in [1.82, 2.24) is 0 Å². The van der Waals surface area contributed by atoms with Crippen LogP contribution in [0, 0.1) is 17.7 Å². The van der Waals surface area contributed by atoms with Crippen molar-refractivity contribution in [3.8, 4) is 0 Å². The van der Waals surface area contributed by atoms with E-state index < -0.39 is 0 Å². The molecule has 0 spiro atoms. The second-order valence-electron chi connectivity index (χ2n) is 4.18. The summed E-state index contributed by atoms with van der Waals surface area (Å²) in [7, 11) is 0. The van der Waals surface area contributed by atoms with Gasteiger partial charge in [-0.2, -0.15) is 0 Å². The molecule has 0 aromatic heterocycles. The lowest BCUT2D eigenvalue weighted by Gasteiger charge is -2.19. The number of hydrogen-bond acceptors (Lipinski definition) is 1. The third-order valence-corrected chi connectivity index (χ3v) is 3.23. The predicted octanol–water partition coefficient (Wildman–Crippen LogP) is 3.36. The van der Waals surface area contributed by atoms with Crippen molar-refractivity contribution in [3.05, 3.63) is 34.1 Å². The van der Waals surface area contributed by atoms with Gasteiger partial charge in [-0.3, -0.25) is 0 Å². The maximum atomic E-state index is 13.5. The average molecular weight is 274 g/mol. The highest BCUT2D eigenvalue weighted by molar-refractivity contribution is 9.10. The normalized spacial score (nSPS) is 13.2. The van der Waals surface area contributed by atoms with Gasteiger partial charge in [-0.05, 0) is 48.6 Å². The minimum Gasteiger partial charge on any atom is -0.330 e. The largest absolute Gasteiger partial charge is 0.330 e. The van der Waals surface area contributed by atoms with E-state index >= 15 is 0 Å². The molecule has 2 N–H and O–H groups in total. The highest BCUT2D eigenvalue weighted by Gasteiger charge is 2.14. The van der Waals surface area contributed by atoms with Gasteiger partial charge in [0, 0.05) is 4.47 Å². The van der Waals surface area contributed by atoms with Crippen LogP contribution in [-0.4, -0.2) is 6.54 Å². The summed E-state index contributed by atoms with van der Waals surface area (Å²) in [6, 6.07) is 5.04. The monoisotopic (exact) mass is 273 g/mol. The highest BCUT2D eigenvalue weighted by Crippen LogP contribution is 2.21. The molecule has 0 aliphatic heterocycles. The molecule has 0 heterocycles. The first-order chi connectivity index (χ1) is 7.04. The summed E-state index contributed by atoms with van der Waals surface area (Å²) >= 11 is 3.35. The second kappa shape index (κ2) is 5.61. The quantitative estimate of drug-likeness (QED) is 0.895. The van der Waals surface area contributed by atoms with Crippen molar-refractivity contribution in [3.63, 3.8) is 0 Å². The summed E-state index contributed by atoms with van der Waals surface area (Å²) in [6.45, 7) is 4.84. The molecule has 0 aliphatic rings. The molecule has 0 bridgehead atoms. The Morgan fingerprint density at radius 2 is 2.07 bits per heavy atom. The molecule has 84 valence electrons. The van der Waals surface area contributed by atoms with Crippen LogP contribution in [-0.2, 0) is 6.42 Å². The highest BCUT2D eigenvalue weighted by atomic mass is 79.9. The molecule has 1 rings (SSSR count). The maximum absolute atomic E-state index is 13.5. The zero-order chi connectivity index (χ0) is 11.4. The van der Waals surface area contributed by atoms with Gasteiger partial charge in [0.2, 0.25) is 0 Å². The SMILES string of the molecule is CC(C)C(CN)Cc1cc(Br)ccc1F. The molecule has 0 radical (unpaired) electrons. The van der Waals surface area contributed by atoms with Gasteiger partial charge in [-0.25, -0.2) is 4.39 Å². The van der Waals surface area contributed by atoms with E-state index in [2.05, 4.69) is 29.8 Å². The summed E-state index contributed by atoms with van der Waals surface area (Å²) in [6.07, 6.45) is 0.708. The van der Waals surface area contributed by atoms with Crippen LogP contribution in [0.25, 0.3) is 0 Å². The van der Waals surface area contributed by atoms with Gasteiger partial charge in [0.15, 0.2) is 0 Å². The first-order valence-electron chi connectivity index (χ1n) is 5.18. The molecule has 0 aliphatic carbocycles. The molecule has 0 saturated carbocycles. The molecule has 0 fully saturated rings. The summed E-state index contributed by atoms with van der Waals surface area (Å²) in [5.74, 6) is 0.680. The van der Waals surface area contributed by atoms with Crippen molar-refractivity contribution in [2.24, 2.45) is 17.6 Å². The molecule has 1 atom stereocenters. The van der Waals surface area contributed by atoms with Gasteiger partial charge in [-0.15, -0.1) is 0 Å². The number of hydrogen-bond donors (Lipinski definition) is 1. The molecule has 3 heteroatoms. The molecule has 1 nitrogen and oxygen atoms in total. The standard InChI is InChI=1S/C12H17BrFN/c1-8(2)10(7-15)5-9-6-11(13)3-4-12(9)14/h3-4,6,8,10H,5,7,15H2,1-2H3.